The Hall–Kier alpha value is -2.30. The summed E-state index contributed by atoms with van der Waals surface area (Å²) >= 11 is 0. The molecule has 0 aliphatic heterocycles. The van der Waals surface area contributed by atoms with Crippen LogP contribution in [0.15, 0.2) is 30.0 Å². The Kier molecular flexibility index (Phi) is 7.42. The SMILES string of the molecule is CCC(C)(C)c1ccc(OCNC(=O)/C(C=O)=C\O)c(C(C)(C)CC)c1. The minimum atomic E-state index is -0.678. The van der Waals surface area contributed by atoms with E-state index in [1.54, 1.807) is 0 Å². The first-order chi connectivity index (χ1) is 12.1. The maximum atomic E-state index is 11.7. The van der Waals surface area contributed by atoms with Gasteiger partial charge in [0.1, 0.15) is 11.3 Å². The lowest BCUT2D eigenvalue weighted by atomic mass is 9.76. The number of aliphatic hydroxyl groups excluding tert-OH is 1. The fourth-order valence-corrected chi connectivity index (χ4v) is 2.42. The molecule has 1 rings (SSSR count). The molecule has 0 atom stereocenters. The highest BCUT2D eigenvalue weighted by Gasteiger charge is 2.26. The number of aldehydes is 1. The summed E-state index contributed by atoms with van der Waals surface area (Å²) in [6, 6.07) is 6.18. The molecule has 2 N–H and O–H groups in total. The van der Waals surface area contributed by atoms with Crippen molar-refractivity contribution in [3.63, 3.8) is 0 Å². The second kappa shape index (κ2) is 8.88. The van der Waals surface area contributed by atoms with Crippen molar-refractivity contribution < 1.29 is 19.4 Å². The monoisotopic (exact) mass is 361 g/mol. The number of benzene rings is 1. The van der Waals surface area contributed by atoms with Crippen LogP contribution >= 0.6 is 0 Å². The van der Waals surface area contributed by atoms with Gasteiger partial charge >= 0.3 is 0 Å². The van der Waals surface area contributed by atoms with Crippen LogP contribution in [0.1, 0.15) is 65.5 Å². The third-order valence-electron chi connectivity index (χ3n) is 5.25. The van der Waals surface area contributed by atoms with Crippen LogP contribution in [-0.4, -0.2) is 24.0 Å². The standard InChI is InChI=1S/C21H31NO4/c1-7-20(3,4)16-9-10-18(17(11-16)21(5,6)8-2)26-14-22-19(25)15(12-23)13-24/h9-13,23H,7-8,14H2,1-6H3,(H,22,25)/b15-12-. The predicted molar refractivity (Wildman–Crippen MR) is 103 cm³/mol. The highest BCUT2D eigenvalue weighted by Crippen LogP contribution is 2.38. The Labute approximate surface area is 156 Å². The molecule has 0 aliphatic carbocycles. The van der Waals surface area contributed by atoms with E-state index in [2.05, 4.69) is 59.0 Å². The van der Waals surface area contributed by atoms with Gasteiger partial charge in [0.25, 0.3) is 5.91 Å². The number of rotatable bonds is 9. The Morgan fingerprint density at radius 1 is 1.15 bits per heavy atom. The van der Waals surface area contributed by atoms with E-state index in [0.717, 1.165) is 18.4 Å². The summed E-state index contributed by atoms with van der Waals surface area (Å²) in [6.45, 7) is 13.0. The van der Waals surface area contributed by atoms with E-state index in [1.165, 1.54) is 5.56 Å². The zero-order chi connectivity index (χ0) is 20.0. The van der Waals surface area contributed by atoms with E-state index in [0.29, 0.717) is 18.3 Å². The number of hydrogen-bond donors (Lipinski definition) is 2. The molecule has 26 heavy (non-hydrogen) atoms. The molecular weight excluding hydrogens is 330 g/mol. The van der Waals surface area contributed by atoms with E-state index in [1.807, 2.05) is 6.07 Å². The Bertz CT molecular complexity index is 675. The summed E-state index contributed by atoms with van der Waals surface area (Å²) in [4.78, 5) is 22.4. The maximum Gasteiger partial charge on any atom is 0.260 e. The molecule has 1 amide bonds. The van der Waals surface area contributed by atoms with E-state index < -0.39 is 5.91 Å². The summed E-state index contributed by atoms with van der Waals surface area (Å²) < 4.78 is 5.78. The van der Waals surface area contributed by atoms with Crippen LogP contribution in [-0.2, 0) is 20.4 Å². The largest absolute Gasteiger partial charge is 0.515 e. The maximum absolute atomic E-state index is 11.7. The first-order valence-corrected chi connectivity index (χ1v) is 8.98. The molecule has 0 bridgehead atoms. The molecular formula is C21H31NO4. The first-order valence-electron chi connectivity index (χ1n) is 8.98. The molecule has 0 fully saturated rings. The number of hydrogen-bond acceptors (Lipinski definition) is 4. The highest BCUT2D eigenvalue weighted by atomic mass is 16.5. The third-order valence-corrected chi connectivity index (χ3v) is 5.25. The molecule has 0 aliphatic rings. The van der Waals surface area contributed by atoms with Gasteiger partial charge in [-0.15, -0.1) is 0 Å². The third kappa shape index (κ3) is 5.10. The molecule has 1 aromatic rings. The average Bonchev–Trinajstić information content (AvgIpc) is 2.62. The topological polar surface area (TPSA) is 75.6 Å². The number of carbonyl (C=O) groups excluding carboxylic acids is 2. The summed E-state index contributed by atoms with van der Waals surface area (Å²) in [7, 11) is 0. The fraction of sp³-hybridized carbons (Fsp3) is 0.524. The van der Waals surface area contributed by atoms with Crippen molar-refractivity contribution in [3.05, 3.63) is 41.2 Å². The van der Waals surface area contributed by atoms with Gasteiger partial charge in [-0.25, -0.2) is 0 Å². The van der Waals surface area contributed by atoms with Crippen molar-refractivity contribution in [1.82, 2.24) is 5.32 Å². The smallest absolute Gasteiger partial charge is 0.260 e. The Morgan fingerprint density at radius 3 is 2.27 bits per heavy atom. The van der Waals surface area contributed by atoms with Gasteiger partial charge in [-0.3, -0.25) is 9.59 Å². The fourth-order valence-electron chi connectivity index (χ4n) is 2.42. The van der Waals surface area contributed by atoms with Crippen LogP contribution in [0.5, 0.6) is 5.75 Å². The molecule has 0 spiro atoms. The number of amides is 1. The highest BCUT2D eigenvalue weighted by molar-refractivity contribution is 6.10. The minimum Gasteiger partial charge on any atom is -0.515 e. The zero-order valence-corrected chi connectivity index (χ0v) is 16.7. The second-order valence-corrected chi connectivity index (χ2v) is 7.68. The lowest BCUT2D eigenvalue weighted by Gasteiger charge is -2.30. The van der Waals surface area contributed by atoms with Gasteiger partial charge in [0.05, 0.1) is 6.26 Å². The lowest BCUT2D eigenvalue weighted by Crippen LogP contribution is -2.30. The van der Waals surface area contributed by atoms with E-state index >= 15 is 0 Å². The van der Waals surface area contributed by atoms with Gasteiger partial charge in [-0.1, -0.05) is 53.7 Å². The van der Waals surface area contributed by atoms with E-state index in [-0.39, 0.29) is 23.1 Å². The number of nitrogens with one attached hydrogen (secondary N) is 1. The quantitative estimate of drug-likeness (QED) is 0.173. The molecule has 0 saturated carbocycles. The molecule has 0 saturated heterocycles. The van der Waals surface area contributed by atoms with Gasteiger partial charge in [0, 0.05) is 5.56 Å². The van der Waals surface area contributed by atoms with Crippen molar-refractivity contribution in [3.8, 4) is 5.75 Å². The van der Waals surface area contributed by atoms with Crippen LogP contribution in [0.3, 0.4) is 0 Å². The van der Waals surface area contributed by atoms with Crippen molar-refractivity contribution in [2.45, 2.75) is 65.2 Å². The molecule has 144 valence electrons. The molecule has 5 heteroatoms. The lowest BCUT2D eigenvalue weighted by molar-refractivity contribution is -0.120. The number of aliphatic hydroxyl groups is 1. The average molecular weight is 361 g/mol. The second-order valence-electron chi connectivity index (χ2n) is 7.68. The number of carbonyl (C=O) groups is 2. The summed E-state index contributed by atoms with van der Waals surface area (Å²) in [5.74, 6) is 0.0240. The predicted octanol–water partition coefficient (Wildman–Crippen LogP) is 4.16. The van der Waals surface area contributed by atoms with Gasteiger partial charge in [0.2, 0.25) is 0 Å². The van der Waals surface area contributed by atoms with Gasteiger partial charge in [0.15, 0.2) is 13.0 Å². The first kappa shape index (κ1) is 21.7. The van der Waals surface area contributed by atoms with Crippen molar-refractivity contribution in [2.24, 2.45) is 0 Å². The van der Waals surface area contributed by atoms with Crippen molar-refractivity contribution in [1.29, 1.82) is 0 Å². The summed E-state index contributed by atoms with van der Waals surface area (Å²) in [5, 5.41) is 11.3. The van der Waals surface area contributed by atoms with Crippen LogP contribution in [0.25, 0.3) is 0 Å². The van der Waals surface area contributed by atoms with Crippen LogP contribution in [0, 0.1) is 0 Å². The van der Waals surface area contributed by atoms with Gasteiger partial charge in [-0.2, -0.15) is 0 Å². The van der Waals surface area contributed by atoms with E-state index in [4.69, 9.17) is 9.84 Å². The number of ether oxygens (including phenoxy) is 1. The van der Waals surface area contributed by atoms with Crippen LogP contribution in [0.2, 0.25) is 0 Å². The summed E-state index contributed by atoms with van der Waals surface area (Å²) in [5.41, 5.74) is 1.97. The minimum absolute atomic E-state index is 0.0656. The van der Waals surface area contributed by atoms with E-state index in [9.17, 15) is 9.59 Å². The molecule has 0 unspecified atom stereocenters. The summed E-state index contributed by atoms with van der Waals surface area (Å²) in [6.07, 6.45) is 2.74. The van der Waals surface area contributed by atoms with Crippen molar-refractivity contribution in [2.75, 3.05) is 6.73 Å². The Balaban J connectivity index is 3.07. The van der Waals surface area contributed by atoms with Crippen LogP contribution < -0.4 is 10.1 Å². The molecule has 0 radical (unpaired) electrons. The molecule has 0 aromatic heterocycles. The molecule has 0 heterocycles. The Morgan fingerprint density at radius 2 is 1.77 bits per heavy atom. The zero-order valence-electron chi connectivity index (χ0n) is 16.7. The van der Waals surface area contributed by atoms with Crippen LogP contribution in [0.4, 0.5) is 0 Å². The normalized spacial score (nSPS) is 12.6. The molecule has 1 aromatic carbocycles. The van der Waals surface area contributed by atoms with Gasteiger partial charge in [-0.05, 0) is 35.3 Å². The van der Waals surface area contributed by atoms with Crippen molar-refractivity contribution >= 4 is 12.2 Å². The van der Waals surface area contributed by atoms with Gasteiger partial charge < -0.3 is 15.2 Å². The molecule has 5 nitrogen and oxygen atoms in total.